The van der Waals surface area contributed by atoms with E-state index >= 15 is 0 Å². The molecule has 1 fully saturated rings. The fraction of sp³-hybridized carbons (Fsp3) is 0.600. The van der Waals surface area contributed by atoms with E-state index in [9.17, 15) is 0 Å². The van der Waals surface area contributed by atoms with E-state index < -0.39 is 0 Å². The highest BCUT2D eigenvalue weighted by molar-refractivity contribution is 4.93. The number of aromatic nitrogens is 2. The Bertz CT molecular complexity index is 275. The van der Waals surface area contributed by atoms with Crippen LogP contribution < -0.4 is 5.32 Å². The summed E-state index contributed by atoms with van der Waals surface area (Å²) in [6, 6.07) is 2.35. The molecule has 0 amide bonds. The lowest BCUT2D eigenvalue weighted by atomic mass is 10.1. The van der Waals surface area contributed by atoms with Gasteiger partial charge in [0, 0.05) is 44.5 Å². The molecule has 1 aliphatic rings. The van der Waals surface area contributed by atoms with E-state index in [1.165, 1.54) is 0 Å². The first-order valence-corrected chi connectivity index (χ1v) is 5.02. The molecule has 1 aromatic rings. The summed E-state index contributed by atoms with van der Waals surface area (Å²) < 4.78 is 0. The van der Waals surface area contributed by atoms with Crippen molar-refractivity contribution < 1.29 is 0 Å². The van der Waals surface area contributed by atoms with Crippen molar-refractivity contribution in [2.75, 3.05) is 26.7 Å². The zero-order chi connectivity index (χ0) is 9.80. The molecule has 0 aliphatic carbocycles. The van der Waals surface area contributed by atoms with Gasteiger partial charge in [0.25, 0.3) is 0 Å². The molecule has 1 N–H and O–H groups in total. The lowest BCUT2D eigenvalue weighted by Gasteiger charge is -2.30. The number of hydrogen-bond donors (Lipinski definition) is 1. The summed E-state index contributed by atoms with van der Waals surface area (Å²) >= 11 is 0. The van der Waals surface area contributed by atoms with Gasteiger partial charge in [-0.05, 0) is 13.1 Å². The van der Waals surface area contributed by atoms with Gasteiger partial charge >= 0.3 is 0 Å². The molecule has 14 heavy (non-hydrogen) atoms. The maximum absolute atomic E-state index is 4.23. The highest BCUT2D eigenvalue weighted by Crippen LogP contribution is 2.01. The summed E-state index contributed by atoms with van der Waals surface area (Å²) in [5.74, 6) is 0.931. The van der Waals surface area contributed by atoms with E-state index in [4.69, 9.17) is 0 Å². The topological polar surface area (TPSA) is 41.0 Å². The van der Waals surface area contributed by atoms with Crippen LogP contribution >= 0.6 is 0 Å². The first-order chi connectivity index (χ1) is 6.84. The molecule has 0 radical (unpaired) electrons. The highest BCUT2D eigenvalue weighted by Gasteiger charge is 2.17. The summed E-state index contributed by atoms with van der Waals surface area (Å²) in [4.78, 5) is 10.8. The van der Waals surface area contributed by atoms with Crippen LogP contribution in [0.3, 0.4) is 0 Å². The largest absolute Gasteiger partial charge is 0.311 e. The van der Waals surface area contributed by atoms with Crippen molar-refractivity contribution in [2.24, 2.45) is 0 Å². The van der Waals surface area contributed by atoms with Crippen molar-refractivity contribution in [1.82, 2.24) is 20.2 Å². The highest BCUT2D eigenvalue weighted by atomic mass is 15.2. The molecule has 1 saturated heterocycles. The van der Waals surface area contributed by atoms with Crippen LogP contribution in [0.2, 0.25) is 0 Å². The Morgan fingerprint density at radius 1 is 1.50 bits per heavy atom. The fourth-order valence-corrected chi connectivity index (χ4v) is 1.78. The van der Waals surface area contributed by atoms with Gasteiger partial charge in [-0.3, -0.25) is 0 Å². The van der Waals surface area contributed by atoms with Crippen LogP contribution in [0.15, 0.2) is 18.5 Å². The van der Waals surface area contributed by atoms with E-state index in [1.807, 2.05) is 6.07 Å². The SMILES string of the molecule is CN1CCNC(Cc2ncccn2)C1. The van der Waals surface area contributed by atoms with Crippen LogP contribution in [0, 0.1) is 0 Å². The van der Waals surface area contributed by atoms with Crippen LogP contribution in [0.1, 0.15) is 5.82 Å². The molecule has 1 unspecified atom stereocenters. The van der Waals surface area contributed by atoms with Crippen LogP contribution in [0.25, 0.3) is 0 Å². The summed E-state index contributed by atoms with van der Waals surface area (Å²) in [6.45, 7) is 3.28. The van der Waals surface area contributed by atoms with Crippen molar-refractivity contribution in [3.8, 4) is 0 Å². The molecule has 0 saturated carbocycles. The van der Waals surface area contributed by atoms with E-state index in [1.54, 1.807) is 12.4 Å². The number of piperazine rings is 1. The van der Waals surface area contributed by atoms with E-state index in [2.05, 4.69) is 27.2 Å². The van der Waals surface area contributed by atoms with Crippen molar-refractivity contribution in [3.05, 3.63) is 24.3 Å². The van der Waals surface area contributed by atoms with Gasteiger partial charge in [-0.2, -0.15) is 0 Å². The molecular weight excluding hydrogens is 176 g/mol. The predicted molar refractivity (Wildman–Crippen MR) is 55.0 cm³/mol. The van der Waals surface area contributed by atoms with Crippen LogP contribution in [-0.4, -0.2) is 47.6 Å². The van der Waals surface area contributed by atoms with Crippen LogP contribution in [0.5, 0.6) is 0 Å². The Labute approximate surface area is 84.4 Å². The first kappa shape index (κ1) is 9.55. The van der Waals surface area contributed by atoms with Gasteiger partial charge in [0.2, 0.25) is 0 Å². The zero-order valence-corrected chi connectivity index (χ0v) is 8.48. The van der Waals surface area contributed by atoms with Gasteiger partial charge in [-0.15, -0.1) is 0 Å². The summed E-state index contributed by atoms with van der Waals surface area (Å²) in [7, 11) is 2.15. The molecule has 0 aromatic carbocycles. The second kappa shape index (κ2) is 4.48. The third kappa shape index (κ3) is 2.49. The second-order valence-electron chi connectivity index (χ2n) is 3.78. The number of nitrogens with zero attached hydrogens (tertiary/aromatic N) is 3. The van der Waals surface area contributed by atoms with E-state index in [0.717, 1.165) is 31.9 Å². The van der Waals surface area contributed by atoms with Crippen molar-refractivity contribution in [1.29, 1.82) is 0 Å². The Morgan fingerprint density at radius 3 is 3.00 bits per heavy atom. The molecule has 1 aliphatic heterocycles. The van der Waals surface area contributed by atoms with Gasteiger partial charge in [0.15, 0.2) is 0 Å². The third-order valence-corrected chi connectivity index (χ3v) is 2.51. The molecule has 4 heteroatoms. The molecule has 76 valence electrons. The second-order valence-corrected chi connectivity index (χ2v) is 3.78. The Balaban J connectivity index is 1.91. The summed E-state index contributed by atoms with van der Waals surface area (Å²) in [5.41, 5.74) is 0. The monoisotopic (exact) mass is 192 g/mol. The molecule has 4 nitrogen and oxygen atoms in total. The molecular formula is C10H16N4. The third-order valence-electron chi connectivity index (χ3n) is 2.51. The number of nitrogens with one attached hydrogen (secondary N) is 1. The standard InChI is InChI=1S/C10H16N4/c1-14-6-5-11-9(8-14)7-10-12-3-2-4-13-10/h2-4,9,11H,5-8H2,1H3. The Morgan fingerprint density at radius 2 is 2.29 bits per heavy atom. The van der Waals surface area contributed by atoms with E-state index in [0.29, 0.717) is 6.04 Å². The van der Waals surface area contributed by atoms with Gasteiger partial charge in [0.05, 0.1) is 0 Å². The first-order valence-electron chi connectivity index (χ1n) is 5.02. The molecule has 1 atom stereocenters. The van der Waals surface area contributed by atoms with Gasteiger partial charge < -0.3 is 10.2 Å². The maximum atomic E-state index is 4.23. The normalized spacial score (nSPS) is 23.6. The molecule has 2 heterocycles. The van der Waals surface area contributed by atoms with Gasteiger partial charge in [-0.25, -0.2) is 9.97 Å². The average molecular weight is 192 g/mol. The molecule has 1 aromatic heterocycles. The minimum atomic E-state index is 0.496. The van der Waals surface area contributed by atoms with Crippen molar-refractivity contribution >= 4 is 0 Å². The smallest absolute Gasteiger partial charge is 0.129 e. The predicted octanol–water partition coefficient (Wildman–Crippen LogP) is -0.0773. The number of rotatable bonds is 2. The van der Waals surface area contributed by atoms with Gasteiger partial charge in [0.1, 0.15) is 5.82 Å². The lowest BCUT2D eigenvalue weighted by Crippen LogP contribution is -2.50. The average Bonchev–Trinajstić information content (AvgIpc) is 2.19. The van der Waals surface area contributed by atoms with Gasteiger partial charge in [-0.1, -0.05) is 0 Å². The van der Waals surface area contributed by atoms with Crippen LogP contribution in [0.4, 0.5) is 0 Å². The minimum Gasteiger partial charge on any atom is -0.311 e. The molecule has 2 rings (SSSR count). The Kier molecular flexibility index (Phi) is 3.06. The fourth-order valence-electron chi connectivity index (χ4n) is 1.78. The quantitative estimate of drug-likeness (QED) is 0.712. The maximum Gasteiger partial charge on any atom is 0.129 e. The molecule has 0 spiro atoms. The van der Waals surface area contributed by atoms with Crippen LogP contribution in [-0.2, 0) is 6.42 Å². The minimum absolute atomic E-state index is 0.496. The van der Waals surface area contributed by atoms with E-state index in [-0.39, 0.29) is 0 Å². The summed E-state index contributed by atoms with van der Waals surface area (Å²) in [6.07, 6.45) is 4.52. The number of hydrogen-bond acceptors (Lipinski definition) is 4. The lowest BCUT2D eigenvalue weighted by molar-refractivity contribution is 0.236. The van der Waals surface area contributed by atoms with Crippen molar-refractivity contribution in [3.63, 3.8) is 0 Å². The number of likely N-dealkylation sites (N-methyl/N-ethyl adjacent to an activating group) is 1. The Hall–Kier alpha value is -1.00. The summed E-state index contributed by atoms with van der Waals surface area (Å²) in [5, 5.41) is 3.48. The van der Waals surface area contributed by atoms with Crippen molar-refractivity contribution in [2.45, 2.75) is 12.5 Å². The molecule has 0 bridgehead atoms. The zero-order valence-electron chi connectivity index (χ0n) is 8.48.